The number of aromatic nitrogens is 3. The Hall–Kier alpha value is -3.07. The highest BCUT2D eigenvalue weighted by Gasteiger charge is 2.25. The Balaban J connectivity index is 1.76. The van der Waals surface area contributed by atoms with Crippen molar-refractivity contribution in [1.82, 2.24) is 19.9 Å². The zero-order valence-corrected chi connectivity index (χ0v) is 13.9. The lowest BCUT2D eigenvalue weighted by Gasteiger charge is -2.29. The average Bonchev–Trinajstić information content (AvgIpc) is 3.04. The highest BCUT2D eigenvalue weighted by Crippen LogP contribution is 2.37. The third-order valence-electron chi connectivity index (χ3n) is 5.08. The Labute approximate surface area is 146 Å². The van der Waals surface area contributed by atoms with Crippen LogP contribution in [-0.4, -0.2) is 20.6 Å². The lowest BCUT2D eigenvalue weighted by Crippen LogP contribution is -2.30. The van der Waals surface area contributed by atoms with Gasteiger partial charge in [0.05, 0.1) is 5.39 Å². The molecule has 0 atom stereocenters. The van der Waals surface area contributed by atoms with E-state index in [0.717, 1.165) is 47.8 Å². The van der Waals surface area contributed by atoms with E-state index in [0.29, 0.717) is 11.9 Å². The summed E-state index contributed by atoms with van der Waals surface area (Å²) in [5, 5.41) is 12.6. The van der Waals surface area contributed by atoms with E-state index in [-0.39, 0.29) is 6.04 Å². The van der Waals surface area contributed by atoms with Crippen molar-refractivity contribution < 1.29 is 0 Å². The van der Waals surface area contributed by atoms with Gasteiger partial charge >= 0.3 is 0 Å². The number of hydrogen-bond acceptors (Lipinski definition) is 5. The Bertz CT molecular complexity index is 916. The summed E-state index contributed by atoms with van der Waals surface area (Å²) in [4.78, 5) is 8.72. The fourth-order valence-corrected chi connectivity index (χ4v) is 3.81. The van der Waals surface area contributed by atoms with Crippen LogP contribution in [-0.2, 0) is 0 Å². The number of nitrogens with one attached hydrogen (secondary N) is 1. The van der Waals surface area contributed by atoms with Crippen LogP contribution in [0, 0.1) is 11.5 Å². The number of nitrogens with zero attached hydrogens (tertiary/aromatic N) is 4. The van der Waals surface area contributed by atoms with Crippen LogP contribution >= 0.6 is 0 Å². The molecule has 126 valence electrons. The predicted octanol–water partition coefficient (Wildman–Crippen LogP) is 3.23. The van der Waals surface area contributed by atoms with Crippen LogP contribution in [0.5, 0.6) is 0 Å². The molecule has 25 heavy (non-hydrogen) atoms. The SMILES string of the molecule is N#CNC1CCC(n2cc(-c3ccccc3)c3c(N)ncnc32)CC1. The first-order valence-corrected chi connectivity index (χ1v) is 8.59. The van der Waals surface area contributed by atoms with Gasteiger partial charge in [0.1, 0.15) is 17.8 Å². The molecule has 1 aromatic carbocycles. The minimum absolute atomic E-state index is 0.288. The first kappa shape index (κ1) is 15.5. The lowest BCUT2D eigenvalue weighted by atomic mass is 9.91. The van der Waals surface area contributed by atoms with Gasteiger partial charge in [-0.25, -0.2) is 9.97 Å². The Morgan fingerprint density at radius 2 is 1.88 bits per heavy atom. The van der Waals surface area contributed by atoms with Crippen LogP contribution in [0.4, 0.5) is 5.82 Å². The average molecular weight is 332 g/mol. The molecule has 1 aliphatic rings. The molecule has 1 aliphatic carbocycles. The molecule has 4 rings (SSSR count). The summed E-state index contributed by atoms with van der Waals surface area (Å²) in [5.74, 6) is 0.516. The first-order valence-electron chi connectivity index (χ1n) is 8.59. The number of benzene rings is 1. The van der Waals surface area contributed by atoms with Gasteiger partial charge in [0.25, 0.3) is 0 Å². The summed E-state index contributed by atoms with van der Waals surface area (Å²) in [6.07, 6.45) is 9.76. The third-order valence-corrected chi connectivity index (χ3v) is 5.08. The van der Waals surface area contributed by atoms with Gasteiger partial charge in [-0.1, -0.05) is 30.3 Å². The van der Waals surface area contributed by atoms with E-state index in [1.807, 2.05) is 18.2 Å². The minimum atomic E-state index is 0.288. The molecule has 0 unspecified atom stereocenters. The normalized spacial score (nSPS) is 20.3. The zero-order chi connectivity index (χ0) is 17.2. The number of nitrogens with two attached hydrogens (primary N) is 1. The van der Waals surface area contributed by atoms with Crippen molar-refractivity contribution in [2.75, 3.05) is 5.73 Å². The molecular formula is C19H20N6. The molecule has 0 radical (unpaired) electrons. The third kappa shape index (κ3) is 2.78. The van der Waals surface area contributed by atoms with E-state index in [4.69, 9.17) is 11.0 Å². The summed E-state index contributed by atoms with van der Waals surface area (Å²) in [7, 11) is 0. The molecule has 0 saturated heterocycles. The van der Waals surface area contributed by atoms with Gasteiger partial charge in [0.15, 0.2) is 6.19 Å². The fraction of sp³-hybridized carbons (Fsp3) is 0.316. The quantitative estimate of drug-likeness (QED) is 0.567. The monoisotopic (exact) mass is 332 g/mol. The molecule has 0 amide bonds. The predicted molar refractivity (Wildman–Crippen MR) is 97.4 cm³/mol. The van der Waals surface area contributed by atoms with Gasteiger partial charge in [-0.2, -0.15) is 5.26 Å². The number of nitrogen functional groups attached to an aromatic ring is 1. The highest BCUT2D eigenvalue weighted by atomic mass is 15.1. The first-order chi connectivity index (χ1) is 12.3. The molecule has 6 heteroatoms. The summed E-state index contributed by atoms with van der Waals surface area (Å²) in [6, 6.07) is 10.9. The van der Waals surface area contributed by atoms with E-state index in [9.17, 15) is 0 Å². The van der Waals surface area contributed by atoms with Crippen LogP contribution in [0.1, 0.15) is 31.7 Å². The maximum atomic E-state index is 8.81. The van der Waals surface area contributed by atoms with E-state index in [2.05, 4.69) is 44.4 Å². The van der Waals surface area contributed by atoms with E-state index < -0.39 is 0 Å². The lowest BCUT2D eigenvalue weighted by molar-refractivity contribution is 0.312. The van der Waals surface area contributed by atoms with Crippen molar-refractivity contribution in [2.45, 2.75) is 37.8 Å². The number of nitriles is 1. The summed E-state index contributed by atoms with van der Waals surface area (Å²) >= 11 is 0. The molecule has 6 nitrogen and oxygen atoms in total. The van der Waals surface area contributed by atoms with Crippen molar-refractivity contribution in [2.24, 2.45) is 0 Å². The molecule has 3 N–H and O–H groups in total. The molecule has 1 fully saturated rings. The Morgan fingerprint density at radius 1 is 1.12 bits per heavy atom. The van der Waals surface area contributed by atoms with Gasteiger partial charge in [-0.05, 0) is 31.2 Å². The van der Waals surface area contributed by atoms with Crippen molar-refractivity contribution in [3.05, 3.63) is 42.9 Å². The molecule has 0 bridgehead atoms. The Kier molecular flexibility index (Phi) is 3.98. The second-order valence-corrected chi connectivity index (χ2v) is 6.54. The number of fused-ring (bicyclic) bond motifs is 1. The fourth-order valence-electron chi connectivity index (χ4n) is 3.81. The molecular weight excluding hydrogens is 312 g/mol. The van der Waals surface area contributed by atoms with Gasteiger partial charge in [-0.15, -0.1) is 0 Å². The minimum Gasteiger partial charge on any atom is -0.383 e. The second-order valence-electron chi connectivity index (χ2n) is 6.54. The van der Waals surface area contributed by atoms with E-state index >= 15 is 0 Å². The van der Waals surface area contributed by atoms with Crippen molar-refractivity contribution in [3.63, 3.8) is 0 Å². The molecule has 2 aromatic heterocycles. The number of rotatable bonds is 3. The second kappa shape index (κ2) is 6.44. The summed E-state index contributed by atoms with van der Waals surface area (Å²) in [5.41, 5.74) is 9.27. The van der Waals surface area contributed by atoms with E-state index in [1.54, 1.807) is 0 Å². The van der Waals surface area contributed by atoms with Crippen molar-refractivity contribution in [1.29, 1.82) is 5.26 Å². The van der Waals surface area contributed by atoms with Gasteiger partial charge < -0.3 is 15.6 Å². The topological polar surface area (TPSA) is 92.5 Å². The van der Waals surface area contributed by atoms with Gasteiger partial charge in [0.2, 0.25) is 0 Å². The summed E-state index contributed by atoms with van der Waals surface area (Å²) < 4.78 is 2.25. The summed E-state index contributed by atoms with van der Waals surface area (Å²) in [6.45, 7) is 0. The van der Waals surface area contributed by atoms with Crippen LogP contribution in [0.25, 0.3) is 22.2 Å². The van der Waals surface area contributed by atoms with Crippen molar-refractivity contribution >= 4 is 16.9 Å². The van der Waals surface area contributed by atoms with Crippen LogP contribution in [0.15, 0.2) is 42.9 Å². The molecule has 3 aromatic rings. The standard InChI is InChI=1S/C19H20N6/c20-11-22-14-6-8-15(9-7-14)25-10-16(13-4-2-1-3-5-13)17-18(21)23-12-24-19(17)25/h1-5,10,12,14-15,22H,6-9H2,(H2,21,23,24). The van der Waals surface area contributed by atoms with Crippen LogP contribution in [0.3, 0.4) is 0 Å². The molecule has 2 heterocycles. The molecule has 0 spiro atoms. The van der Waals surface area contributed by atoms with Gasteiger partial charge in [0, 0.05) is 23.8 Å². The highest BCUT2D eigenvalue weighted by molar-refractivity contribution is 6.00. The van der Waals surface area contributed by atoms with Gasteiger partial charge in [-0.3, -0.25) is 0 Å². The molecule has 0 aliphatic heterocycles. The maximum Gasteiger partial charge on any atom is 0.176 e. The smallest absolute Gasteiger partial charge is 0.176 e. The number of anilines is 1. The van der Waals surface area contributed by atoms with Crippen LogP contribution in [0.2, 0.25) is 0 Å². The van der Waals surface area contributed by atoms with Crippen LogP contribution < -0.4 is 11.1 Å². The largest absolute Gasteiger partial charge is 0.383 e. The van der Waals surface area contributed by atoms with E-state index in [1.165, 1.54) is 6.33 Å². The zero-order valence-electron chi connectivity index (χ0n) is 13.9. The number of hydrogen-bond donors (Lipinski definition) is 2. The molecule has 1 saturated carbocycles. The van der Waals surface area contributed by atoms with Crippen molar-refractivity contribution in [3.8, 4) is 17.3 Å². The maximum absolute atomic E-state index is 8.81. The Morgan fingerprint density at radius 3 is 2.60 bits per heavy atom.